The molecule has 0 spiro atoms. The second-order valence-electron chi connectivity index (χ2n) is 7.66. The Morgan fingerprint density at radius 2 is 1.68 bits per heavy atom. The smallest absolute Gasteiger partial charge is 0.185 e. The van der Waals surface area contributed by atoms with Gasteiger partial charge >= 0.3 is 0 Å². The maximum atomic E-state index is 5.75. The summed E-state index contributed by atoms with van der Waals surface area (Å²) in [4.78, 5) is 5.07. The van der Waals surface area contributed by atoms with Crippen molar-refractivity contribution in [1.29, 1.82) is 0 Å². The quantitative estimate of drug-likeness (QED) is 0.755. The lowest BCUT2D eigenvalue weighted by Gasteiger charge is -2.35. The molecule has 3 rings (SSSR count). The molecule has 1 aromatic carbocycles. The van der Waals surface area contributed by atoms with Crippen LogP contribution in [0.2, 0.25) is 0 Å². The highest BCUT2D eigenvalue weighted by molar-refractivity contribution is 7.71. The Bertz CT molecular complexity index is 766. The van der Waals surface area contributed by atoms with Gasteiger partial charge in [-0.15, -0.1) is 0 Å². The molecule has 136 valence electrons. The Kier molecular flexibility index (Phi) is 5.77. The number of benzene rings is 1. The Morgan fingerprint density at radius 3 is 2.36 bits per heavy atom. The van der Waals surface area contributed by atoms with Gasteiger partial charge in [0.15, 0.2) is 4.77 Å². The van der Waals surface area contributed by atoms with E-state index in [1.54, 1.807) is 0 Å². The molecule has 1 saturated heterocycles. The van der Waals surface area contributed by atoms with E-state index in [0.717, 1.165) is 43.5 Å². The minimum Gasteiger partial charge on any atom is -0.310 e. The lowest BCUT2D eigenvalue weighted by Crippen LogP contribution is -2.47. The van der Waals surface area contributed by atoms with E-state index < -0.39 is 0 Å². The normalized spacial score (nSPS) is 16.7. The van der Waals surface area contributed by atoms with E-state index in [0.29, 0.717) is 0 Å². The summed E-state index contributed by atoms with van der Waals surface area (Å²) in [7, 11) is 0. The van der Waals surface area contributed by atoms with Gasteiger partial charge in [0, 0.05) is 45.1 Å². The third kappa shape index (κ3) is 4.40. The van der Waals surface area contributed by atoms with Crippen LogP contribution >= 0.6 is 12.2 Å². The van der Waals surface area contributed by atoms with E-state index in [4.69, 9.17) is 12.2 Å². The molecular formula is C20H30N4S. The molecule has 0 unspecified atom stereocenters. The maximum absolute atomic E-state index is 5.75. The molecule has 0 atom stereocenters. The van der Waals surface area contributed by atoms with Crippen LogP contribution in [0, 0.1) is 24.5 Å². The van der Waals surface area contributed by atoms with Crippen LogP contribution in [-0.4, -0.2) is 51.7 Å². The van der Waals surface area contributed by atoms with Crippen LogP contribution in [-0.2, 0) is 6.67 Å². The summed E-state index contributed by atoms with van der Waals surface area (Å²) < 4.78 is 5.19. The summed E-state index contributed by atoms with van der Waals surface area (Å²) in [5, 5.41) is 0. The first kappa shape index (κ1) is 18.4. The second kappa shape index (κ2) is 7.85. The van der Waals surface area contributed by atoms with E-state index in [2.05, 4.69) is 77.2 Å². The Balaban J connectivity index is 1.69. The number of hydrogen-bond acceptors (Lipinski definition) is 3. The molecule has 1 aliphatic rings. The lowest BCUT2D eigenvalue weighted by atomic mass is 10.1. The van der Waals surface area contributed by atoms with Crippen molar-refractivity contribution in [3.05, 3.63) is 46.5 Å². The maximum Gasteiger partial charge on any atom is 0.185 e. The number of aromatic nitrogens is 2. The predicted octanol–water partition coefficient (Wildman–Crippen LogP) is 3.86. The molecule has 2 aromatic rings. The fourth-order valence-corrected chi connectivity index (χ4v) is 3.81. The van der Waals surface area contributed by atoms with Gasteiger partial charge in [0.05, 0.1) is 12.4 Å². The third-order valence-corrected chi connectivity index (χ3v) is 5.34. The molecule has 0 aliphatic carbocycles. The van der Waals surface area contributed by atoms with E-state index >= 15 is 0 Å². The van der Waals surface area contributed by atoms with Gasteiger partial charge in [0.25, 0.3) is 0 Å². The molecular weight excluding hydrogens is 328 g/mol. The van der Waals surface area contributed by atoms with Gasteiger partial charge in [-0.2, -0.15) is 0 Å². The number of nitrogens with zero attached hydrogens (tertiary/aromatic N) is 4. The summed E-state index contributed by atoms with van der Waals surface area (Å²) in [6.45, 7) is 15.5. The monoisotopic (exact) mass is 358 g/mol. The van der Waals surface area contributed by atoms with Crippen LogP contribution in [0.4, 0.5) is 0 Å². The van der Waals surface area contributed by atoms with Gasteiger partial charge in [-0.05, 0) is 49.2 Å². The van der Waals surface area contributed by atoms with Crippen LogP contribution in [0.5, 0.6) is 0 Å². The zero-order valence-corrected chi connectivity index (χ0v) is 16.7. The van der Waals surface area contributed by atoms with Gasteiger partial charge < -0.3 is 9.47 Å². The van der Waals surface area contributed by atoms with Gasteiger partial charge in [-0.25, -0.2) is 0 Å². The molecule has 2 heterocycles. The van der Waals surface area contributed by atoms with Gasteiger partial charge in [-0.1, -0.05) is 26.0 Å². The van der Waals surface area contributed by atoms with Crippen molar-refractivity contribution in [2.45, 2.75) is 34.4 Å². The van der Waals surface area contributed by atoms with Crippen LogP contribution in [0.3, 0.4) is 0 Å². The Hall–Kier alpha value is -1.43. The van der Waals surface area contributed by atoms with Crippen LogP contribution in [0.25, 0.3) is 5.69 Å². The van der Waals surface area contributed by atoms with Crippen molar-refractivity contribution < 1.29 is 0 Å². The first-order valence-corrected chi connectivity index (χ1v) is 9.65. The molecule has 0 bridgehead atoms. The largest absolute Gasteiger partial charge is 0.310 e. The molecule has 0 saturated carbocycles. The highest BCUT2D eigenvalue weighted by Gasteiger charge is 2.18. The zero-order valence-electron chi connectivity index (χ0n) is 15.9. The third-order valence-electron chi connectivity index (χ3n) is 4.91. The van der Waals surface area contributed by atoms with Crippen LogP contribution in [0.15, 0.2) is 30.6 Å². The second-order valence-corrected chi connectivity index (χ2v) is 8.03. The molecule has 1 fully saturated rings. The molecule has 5 heteroatoms. The molecule has 1 aliphatic heterocycles. The highest BCUT2D eigenvalue weighted by Crippen LogP contribution is 2.17. The standard InChI is InChI=1S/C20H30N4S/c1-16(2)14-21-7-9-22(10-8-21)15-23-11-12-24(20(23)25)19-13-17(3)5-6-18(19)4/h5-6,11-13,16H,7-10,14-15H2,1-4H3. The minimum atomic E-state index is 0.742. The van der Waals surface area contributed by atoms with Crippen molar-refractivity contribution in [3.63, 3.8) is 0 Å². The number of imidazole rings is 1. The minimum absolute atomic E-state index is 0.742. The number of aryl methyl sites for hydroxylation is 2. The summed E-state index contributed by atoms with van der Waals surface area (Å²) in [5.41, 5.74) is 3.70. The summed E-state index contributed by atoms with van der Waals surface area (Å²) >= 11 is 5.75. The van der Waals surface area contributed by atoms with Crippen molar-refractivity contribution in [2.75, 3.05) is 32.7 Å². The first-order chi connectivity index (χ1) is 11.9. The van der Waals surface area contributed by atoms with E-state index in [1.165, 1.54) is 23.4 Å². The summed E-state index contributed by atoms with van der Waals surface area (Å²) in [6, 6.07) is 6.52. The topological polar surface area (TPSA) is 16.3 Å². The van der Waals surface area contributed by atoms with E-state index in [1.807, 2.05) is 0 Å². The van der Waals surface area contributed by atoms with Crippen molar-refractivity contribution in [3.8, 4) is 5.69 Å². The number of rotatable bonds is 5. The van der Waals surface area contributed by atoms with E-state index in [9.17, 15) is 0 Å². The van der Waals surface area contributed by atoms with Gasteiger partial charge in [0.1, 0.15) is 0 Å². The first-order valence-electron chi connectivity index (χ1n) is 9.24. The SMILES string of the molecule is Cc1ccc(C)c(-n2ccn(CN3CCN(CC(C)C)CC3)c2=S)c1. The van der Waals surface area contributed by atoms with Gasteiger partial charge in [0.2, 0.25) is 0 Å². The fourth-order valence-electron chi connectivity index (χ4n) is 3.53. The molecule has 0 amide bonds. The zero-order chi connectivity index (χ0) is 18.0. The number of piperazine rings is 1. The fraction of sp³-hybridized carbons (Fsp3) is 0.550. The van der Waals surface area contributed by atoms with Crippen molar-refractivity contribution in [2.24, 2.45) is 5.92 Å². The molecule has 1 aromatic heterocycles. The average Bonchev–Trinajstić information content (AvgIpc) is 2.92. The Labute approximate surface area is 156 Å². The van der Waals surface area contributed by atoms with E-state index in [-0.39, 0.29) is 0 Å². The summed E-state index contributed by atoms with van der Waals surface area (Å²) in [6.07, 6.45) is 4.21. The highest BCUT2D eigenvalue weighted by atomic mass is 32.1. The van der Waals surface area contributed by atoms with Crippen LogP contribution in [0.1, 0.15) is 25.0 Å². The van der Waals surface area contributed by atoms with Gasteiger partial charge in [-0.3, -0.25) is 9.47 Å². The van der Waals surface area contributed by atoms with Crippen molar-refractivity contribution >= 4 is 12.2 Å². The molecule has 0 radical (unpaired) electrons. The number of hydrogen-bond donors (Lipinski definition) is 0. The van der Waals surface area contributed by atoms with Crippen LogP contribution < -0.4 is 0 Å². The summed E-state index contributed by atoms with van der Waals surface area (Å²) in [5.74, 6) is 0.742. The molecule has 25 heavy (non-hydrogen) atoms. The van der Waals surface area contributed by atoms with Crippen molar-refractivity contribution in [1.82, 2.24) is 18.9 Å². The lowest BCUT2D eigenvalue weighted by molar-refractivity contribution is 0.0991. The molecule has 4 nitrogen and oxygen atoms in total. The Morgan fingerprint density at radius 1 is 1.00 bits per heavy atom. The molecule has 0 N–H and O–H groups in total. The predicted molar refractivity (Wildman–Crippen MR) is 107 cm³/mol. The average molecular weight is 359 g/mol.